The Morgan fingerprint density at radius 1 is 1.09 bits per heavy atom. The Hall–Kier alpha value is -1.84. The van der Waals surface area contributed by atoms with E-state index in [0.717, 1.165) is 11.1 Å². The van der Waals surface area contributed by atoms with E-state index in [0.29, 0.717) is 17.1 Å². The molecule has 0 amide bonds. The van der Waals surface area contributed by atoms with Crippen molar-refractivity contribution in [2.75, 3.05) is 13.1 Å². The summed E-state index contributed by atoms with van der Waals surface area (Å²) in [5.41, 5.74) is 2.30. The van der Waals surface area contributed by atoms with Gasteiger partial charge in [0, 0.05) is 17.1 Å². The second kappa shape index (κ2) is 6.34. The standard InChI is InChI=1S/C19H20ClN3/c20-16-9-7-15(8-10-16)13-23-18-6-2-1-5-17(18)21-19(23)14-22-11-3-4-12-22/h1-2,5-10H,3-4,11-14H2/i3D2,4D2,14D2. The molecule has 0 N–H and O–H groups in total. The zero-order valence-corrected chi connectivity index (χ0v) is 13.2. The van der Waals surface area contributed by atoms with E-state index in [1.165, 1.54) is 4.90 Å². The lowest BCUT2D eigenvalue weighted by Crippen LogP contribution is -2.21. The lowest BCUT2D eigenvalue weighted by Gasteiger charge is -2.16. The lowest BCUT2D eigenvalue weighted by atomic mass is 10.2. The largest absolute Gasteiger partial charge is 0.322 e. The molecule has 1 aromatic heterocycles. The number of para-hydroxylation sites is 2. The maximum absolute atomic E-state index is 8.75. The van der Waals surface area contributed by atoms with Crippen LogP contribution >= 0.6 is 11.6 Å². The zero-order chi connectivity index (χ0) is 21.0. The minimum absolute atomic E-state index is 0.127. The van der Waals surface area contributed by atoms with E-state index in [1.54, 1.807) is 22.8 Å². The number of imidazole rings is 1. The van der Waals surface area contributed by atoms with Crippen molar-refractivity contribution in [1.82, 2.24) is 14.5 Å². The molecule has 23 heavy (non-hydrogen) atoms. The van der Waals surface area contributed by atoms with Crippen LogP contribution in [0.3, 0.4) is 0 Å². The maximum Gasteiger partial charge on any atom is 0.124 e. The molecule has 0 unspecified atom stereocenters. The van der Waals surface area contributed by atoms with Gasteiger partial charge in [-0.3, -0.25) is 4.90 Å². The normalized spacial score (nSPS) is 24.4. The predicted molar refractivity (Wildman–Crippen MR) is 94.8 cm³/mol. The minimum Gasteiger partial charge on any atom is -0.322 e. The number of nitrogens with zero attached hydrogens (tertiary/aromatic N) is 3. The lowest BCUT2D eigenvalue weighted by molar-refractivity contribution is 0.318. The molecule has 0 bridgehead atoms. The molecule has 118 valence electrons. The summed E-state index contributed by atoms with van der Waals surface area (Å²) >= 11 is 5.98. The molecular formula is C19H20ClN3. The molecule has 1 aliphatic rings. The predicted octanol–water partition coefficient (Wildman–Crippen LogP) is 4.33. The van der Waals surface area contributed by atoms with Crippen LogP contribution in [0, 0.1) is 0 Å². The van der Waals surface area contributed by atoms with E-state index >= 15 is 0 Å². The van der Waals surface area contributed by atoms with Crippen molar-refractivity contribution < 1.29 is 8.22 Å². The number of likely N-dealkylation sites (tertiary alicyclic amines) is 1. The van der Waals surface area contributed by atoms with Crippen LogP contribution in [-0.4, -0.2) is 27.5 Å². The third-order valence-corrected chi connectivity index (χ3v) is 4.08. The number of halogens is 1. The maximum atomic E-state index is 8.75. The molecular weight excluding hydrogens is 306 g/mol. The molecule has 0 atom stereocenters. The first kappa shape index (κ1) is 9.45. The average Bonchev–Trinajstić information content (AvgIpc) is 3.12. The Kier molecular flexibility index (Phi) is 2.61. The Morgan fingerprint density at radius 3 is 2.61 bits per heavy atom. The average molecular weight is 332 g/mol. The first-order valence-corrected chi connectivity index (χ1v) is 7.84. The van der Waals surface area contributed by atoms with Gasteiger partial charge in [-0.25, -0.2) is 4.98 Å². The van der Waals surface area contributed by atoms with E-state index in [-0.39, 0.29) is 18.9 Å². The minimum atomic E-state index is -2.15. The van der Waals surface area contributed by atoms with Crippen LogP contribution in [0.4, 0.5) is 0 Å². The van der Waals surface area contributed by atoms with Gasteiger partial charge in [0.2, 0.25) is 0 Å². The summed E-state index contributed by atoms with van der Waals surface area (Å²) in [7, 11) is 0. The Balaban J connectivity index is 1.79. The third-order valence-electron chi connectivity index (χ3n) is 3.83. The smallest absolute Gasteiger partial charge is 0.124 e. The van der Waals surface area contributed by atoms with Crippen LogP contribution in [0.1, 0.15) is 32.4 Å². The van der Waals surface area contributed by atoms with Crippen molar-refractivity contribution >= 4 is 22.6 Å². The highest BCUT2D eigenvalue weighted by atomic mass is 35.5. The van der Waals surface area contributed by atoms with Crippen molar-refractivity contribution in [3.05, 3.63) is 64.9 Å². The summed E-state index contributed by atoms with van der Waals surface area (Å²) < 4.78 is 51.1. The summed E-state index contributed by atoms with van der Waals surface area (Å²) in [6.07, 6.45) is -4.29. The quantitative estimate of drug-likeness (QED) is 0.709. The van der Waals surface area contributed by atoms with Crippen molar-refractivity contribution in [3.8, 4) is 0 Å². The van der Waals surface area contributed by atoms with Gasteiger partial charge >= 0.3 is 0 Å². The molecule has 4 heteroatoms. The van der Waals surface area contributed by atoms with E-state index in [9.17, 15) is 0 Å². The molecule has 1 saturated heterocycles. The summed E-state index contributed by atoms with van der Waals surface area (Å²) in [6.45, 7) is -2.49. The number of rotatable bonds is 4. The second-order valence-electron chi connectivity index (χ2n) is 5.46. The van der Waals surface area contributed by atoms with Crippen LogP contribution in [0.5, 0.6) is 0 Å². The van der Waals surface area contributed by atoms with Crippen LogP contribution in [0.25, 0.3) is 11.0 Å². The van der Waals surface area contributed by atoms with Gasteiger partial charge in [-0.2, -0.15) is 0 Å². The van der Waals surface area contributed by atoms with Crippen molar-refractivity contribution in [3.63, 3.8) is 0 Å². The highest BCUT2D eigenvalue weighted by Crippen LogP contribution is 2.21. The summed E-state index contributed by atoms with van der Waals surface area (Å²) in [6, 6.07) is 14.6. The fourth-order valence-corrected chi connectivity index (χ4v) is 2.80. The summed E-state index contributed by atoms with van der Waals surface area (Å²) in [4.78, 5) is 5.71. The molecule has 0 spiro atoms. The van der Waals surface area contributed by atoms with Crippen LogP contribution in [-0.2, 0) is 13.0 Å². The number of benzene rings is 2. The molecule has 1 fully saturated rings. The third kappa shape index (κ3) is 3.12. The van der Waals surface area contributed by atoms with Crippen LogP contribution in [0.2, 0.25) is 5.02 Å². The molecule has 2 aromatic carbocycles. The number of hydrogen-bond donors (Lipinski definition) is 0. The van der Waals surface area contributed by atoms with Gasteiger partial charge in [0.05, 0.1) is 20.3 Å². The van der Waals surface area contributed by atoms with Crippen molar-refractivity contribution in [2.45, 2.75) is 25.8 Å². The van der Waals surface area contributed by atoms with Crippen LogP contribution in [0.15, 0.2) is 48.5 Å². The van der Waals surface area contributed by atoms with Crippen molar-refractivity contribution in [1.29, 1.82) is 0 Å². The summed E-state index contributed by atoms with van der Waals surface area (Å²) in [5, 5.41) is 0.612. The molecule has 1 aliphatic heterocycles. The van der Waals surface area contributed by atoms with E-state index < -0.39 is 19.2 Å². The number of hydrogen-bond acceptors (Lipinski definition) is 2. The van der Waals surface area contributed by atoms with Crippen LogP contribution < -0.4 is 0 Å². The molecule has 2 heterocycles. The fraction of sp³-hybridized carbons (Fsp3) is 0.316. The van der Waals surface area contributed by atoms with E-state index in [1.807, 2.05) is 30.3 Å². The van der Waals surface area contributed by atoms with Gasteiger partial charge in [-0.1, -0.05) is 35.9 Å². The van der Waals surface area contributed by atoms with Gasteiger partial charge in [-0.15, -0.1) is 0 Å². The number of fused-ring (bicyclic) bond motifs is 1. The molecule has 0 aliphatic carbocycles. The molecule has 3 nitrogen and oxygen atoms in total. The first-order valence-electron chi connectivity index (χ1n) is 10.5. The number of aromatic nitrogens is 2. The monoisotopic (exact) mass is 331 g/mol. The zero-order valence-electron chi connectivity index (χ0n) is 18.5. The molecule has 4 rings (SSSR count). The van der Waals surface area contributed by atoms with Gasteiger partial charge in [0.25, 0.3) is 0 Å². The first-order chi connectivity index (χ1) is 13.5. The second-order valence-corrected chi connectivity index (χ2v) is 5.89. The van der Waals surface area contributed by atoms with Crippen molar-refractivity contribution in [2.24, 2.45) is 0 Å². The Bertz CT molecular complexity index is 1030. The molecule has 3 aromatic rings. The van der Waals surface area contributed by atoms with Gasteiger partial charge < -0.3 is 4.57 Å². The molecule has 0 saturated carbocycles. The van der Waals surface area contributed by atoms with E-state index in [4.69, 9.17) is 19.8 Å². The van der Waals surface area contributed by atoms with Gasteiger partial charge in [0.1, 0.15) is 5.82 Å². The van der Waals surface area contributed by atoms with Gasteiger partial charge in [0.15, 0.2) is 0 Å². The highest BCUT2D eigenvalue weighted by molar-refractivity contribution is 6.30. The highest BCUT2D eigenvalue weighted by Gasteiger charge is 2.17. The topological polar surface area (TPSA) is 21.1 Å². The Morgan fingerprint density at radius 2 is 1.83 bits per heavy atom. The summed E-state index contributed by atoms with van der Waals surface area (Å²) in [5.74, 6) is 0.127. The SMILES string of the molecule is [2H]C([2H])(c1nc2ccccc2n1Cc1ccc(Cl)cc1)N1CC([2H])([2H])C([2H])([2H])C1. The Labute approximate surface area is 149 Å². The fourth-order valence-electron chi connectivity index (χ4n) is 2.67. The van der Waals surface area contributed by atoms with E-state index in [2.05, 4.69) is 4.98 Å². The molecule has 0 radical (unpaired) electrons. The van der Waals surface area contributed by atoms with Gasteiger partial charge in [-0.05, 0) is 55.7 Å².